The number of para-hydroxylation sites is 1. The first kappa shape index (κ1) is 26.7. The lowest BCUT2D eigenvalue weighted by atomic mass is 10.0. The lowest BCUT2D eigenvalue weighted by Gasteiger charge is -2.16. The van der Waals surface area contributed by atoms with Crippen LogP contribution in [0.4, 0.5) is 11.4 Å². The SMILES string of the molecule is NC1=NN(c2ccccc2)C(=O)C1/C(=N/NC(=O)c1cc2ccccc2cc1O)C(=O)Nc1ccc(Cl)c(Cl)c1. The first-order valence-corrected chi connectivity index (χ1v) is 12.6. The number of amidine groups is 1. The van der Waals surface area contributed by atoms with Gasteiger partial charge in [-0.2, -0.15) is 15.2 Å². The number of rotatable bonds is 6. The molecule has 3 amide bonds. The van der Waals surface area contributed by atoms with E-state index in [-0.39, 0.29) is 32.9 Å². The summed E-state index contributed by atoms with van der Waals surface area (Å²) in [7, 11) is 0. The van der Waals surface area contributed by atoms with Crippen molar-refractivity contribution in [3.05, 3.63) is 101 Å². The highest BCUT2D eigenvalue weighted by molar-refractivity contribution is 6.52. The third-order valence-corrected chi connectivity index (χ3v) is 6.78. The number of carbonyl (C=O) groups is 3. The quantitative estimate of drug-likeness (QED) is 0.197. The summed E-state index contributed by atoms with van der Waals surface area (Å²) < 4.78 is 0. The highest BCUT2D eigenvalue weighted by atomic mass is 35.5. The van der Waals surface area contributed by atoms with E-state index in [2.05, 4.69) is 20.9 Å². The number of carbonyl (C=O) groups excluding carboxylic acids is 3. The average molecular weight is 575 g/mol. The summed E-state index contributed by atoms with van der Waals surface area (Å²) in [6.07, 6.45) is 0. The Labute approximate surface area is 237 Å². The maximum Gasteiger partial charge on any atom is 0.275 e. The fourth-order valence-electron chi connectivity index (χ4n) is 4.08. The van der Waals surface area contributed by atoms with Gasteiger partial charge in [0.15, 0.2) is 0 Å². The number of nitrogens with two attached hydrogens (primary N) is 1. The van der Waals surface area contributed by atoms with E-state index in [0.29, 0.717) is 11.1 Å². The molecule has 40 heavy (non-hydrogen) atoms. The fourth-order valence-corrected chi connectivity index (χ4v) is 4.38. The van der Waals surface area contributed by atoms with Crippen molar-refractivity contribution in [3.8, 4) is 5.75 Å². The van der Waals surface area contributed by atoms with E-state index in [0.717, 1.165) is 10.4 Å². The van der Waals surface area contributed by atoms with Gasteiger partial charge >= 0.3 is 0 Å². The molecule has 1 aliphatic heterocycles. The van der Waals surface area contributed by atoms with Crippen LogP contribution in [0.5, 0.6) is 5.75 Å². The Morgan fingerprint density at radius 3 is 2.30 bits per heavy atom. The van der Waals surface area contributed by atoms with Gasteiger partial charge in [-0.15, -0.1) is 0 Å². The van der Waals surface area contributed by atoms with Crippen LogP contribution in [0, 0.1) is 5.92 Å². The van der Waals surface area contributed by atoms with Crippen LogP contribution in [-0.4, -0.2) is 34.4 Å². The number of hydrogen-bond donors (Lipinski definition) is 4. The Balaban J connectivity index is 1.49. The summed E-state index contributed by atoms with van der Waals surface area (Å²) in [6.45, 7) is 0. The van der Waals surface area contributed by atoms with E-state index in [1.165, 1.54) is 30.3 Å². The normalized spacial score (nSPS) is 15.2. The second-order valence-electron chi connectivity index (χ2n) is 8.68. The van der Waals surface area contributed by atoms with E-state index < -0.39 is 29.4 Å². The van der Waals surface area contributed by atoms with Crippen molar-refractivity contribution >= 4 is 74.6 Å². The molecule has 1 atom stereocenters. The van der Waals surface area contributed by atoms with Gasteiger partial charge in [-0.3, -0.25) is 14.4 Å². The second-order valence-corrected chi connectivity index (χ2v) is 9.50. The van der Waals surface area contributed by atoms with Crippen molar-refractivity contribution in [2.24, 2.45) is 21.9 Å². The number of amides is 3. The molecule has 0 saturated carbocycles. The maximum atomic E-state index is 13.4. The van der Waals surface area contributed by atoms with E-state index >= 15 is 0 Å². The number of nitrogens with one attached hydrogen (secondary N) is 2. The van der Waals surface area contributed by atoms with Gasteiger partial charge in [0.1, 0.15) is 23.2 Å². The zero-order valence-corrected chi connectivity index (χ0v) is 22.0. The number of phenolic OH excluding ortho intramolecular Hbond substituents is 1. The lowest BCUT2D eigenvalue weighted by Crippen LogP contribution is -2.43. The van der Waals surface area contributed by atoms with Gasteiger partial charge in [-0.25, -0.2) is 5.43 Å². The number of anilines is 2. The molecule has 1 unspecified atom stereocenters. The minimum Gasteiger partial charge on any atom is -0.507 e. The lowest BCUT2D eigenvalue weighted by molar-refractivity contribution is -0.119. The van der Waals surface area contributed by atoms with Gasteiger partial charge in [0.2, 0.25) is 0 Å². The molecular weight excluding hydrogens is 555 g/mol. The Hall–Kier alpha value is -4.93. The summed E-state index contributed by atoms with van der Waals surface area (Å²) in [5.74, 6) is -4.25. The van der Waals surface area contributed by atoms with E-state index in [1.54, 1.807) is 54.6 Å². The zero-order valence-electron chi connectivity index (χ0n) is 20.5. The Bertz CT molecular complexity index is 1720. The van der Waals surface area contributed by atoms with Crippen molar-refractivity contribution in [2.75, 3.05) is 10.3 Å². The Morgan fingerprint density at radius 2 is 1.60 bits per heavy atom. The molecule has 0 aromatic heterocycles. The molecule has 12 heteroatoms. The van der Waals surface area contributed by atoms with Crippen LogP contribution in [0.15, 0.2) is 95.1 Å². The van der Waals surface area contributed by atoms with Crippen LogP contribution >= 0.6 is 23.2 Å². The van der Waals surface area contributed by atoms with Crippen molar-refractivity contribution in [1.29, 1.82) is 0 Å². The molecule has 1 heterocycles. The topological polar surface area (TPSA) is 149 Å². The number of nitrogens with zero attached hydrogens (tertiary/aromatic N) is 3. The third kappa shape index (κ3) is 5.31. The van der Waals surface area contributed by atoms with Gasteiger partial charge < -0.3 is 16.2 Å². The summed E-state index contributed by atoms with van der Waals surface area (Å²) in [5.41, 5.74) is 8.53. The minimum absolute atomic E-state index is 0.0861. The largest absolute Gasteiger partial charge is 0.507 e. The van der Waals surface area contributed by atoms with E-state index in [9.17, 15) is 19.5 Å². The van der Waals surface area contributed by atoms with Crippen LogP contribution < -0.4 is 21.5 Å². The highest BCUT2D eigenvalue weighted by Gasteiger charge is 2.42. The van der Waals surface area contributed by atoms with Crippen LogP contribution in [-0.2, 0) is 9.59 Å². The van der Waals surface area contributed by atoms with Crippen LogP contribution in [0.25, 0.3) is 10.8 Å². The maximum absolute atomic E-state index is 13.4. The molecule has 0 saturated heterocycles. The smallest absolute Gasteiger partial charge is 0.275 e. The standard InChI is InChI=1S/C28H20Cl2N6O4/c29-20-11-10-17(14-21(20)30)32-27(39)24(23-25(31)35-36(28(23)40)18-8-2-1-3-9-18)33-34-26(38)19-12-15-6-4-5-7-16(15)13-22(19)37/h1-14,23,37H,(H2,31,35)(H,32,39)(H,34,38)/b33-24-. The highest BCUT2D eigenvalue weighted by Crippen LogP contribution is 2.27. The van der Waals surface area contributed by atoms with Gasteiger partial charge in [0.25, 0.3) is 17.7 Å². The number of fused-ring (bicyclic) bond motifs is 1. The molecule has 200 valence electrons. The van der Waals surface area contributed by atoms with Gasteiger partial charge in [0.05, 0.1) is 21.3 Å². The van der Waals surface area contributed by atoms with Crippen molar-refractivity contribution in [1.82, 2.24) is 5.43 Å². The molecule has 0 radical (unpaired) electrons. The predicted octanol–water partition coefficient (Wildman–Crippen LogP) is 4.51. The number of phenols is 1. The molecular formula is C28H20Cl2N6O4. The molecule has 4 aromatic carbocycles. The molecule has 4 aromatic rings. The molecule has 0 spiro atoms. The monoisotopic (exact) mass is 574 g/mol. The molecule has 0 bridgehead atoms. The van der Waals surface area contributed by atoms with Gasteiger partial charge in [-0.1, -0.05) is 65.7 Å². The van der Waals surface area contributed by atoms with Crippen LogP contribution in [0.3, 0.4) is 0 Å². The van der Waals surface area contributed by atoms with E-state index in [1.807, 2.05) is 0 Å². The van der Waals surface area contributed by atoms with Gasteiger partial charge in [0, 0.05) is 5.69 Å². The number of hydrazone groups is 2. The summed E-state index contributed by atoms with van der Waals surface area (Å²) in [4.78, 5) is 39.9. The van der Waals surface area contributed by atoms with Gasteiger partial charge in [-0.05, 0) is 53.2 Å². The number of hydrogen-bond acceptors (Lipinski definition) is 7. The first-order valence-electron chi connectivity index (χ1n) is 11.8. The number of aromatic hydroxyl groups is 1. The fraction of sp³-hybridized carbons (Fsp3) is 0.0357. The zero-order chi connectivity index (χ0) is 28.4. The molecule has 5 N–H and O–H groups in total. The van der Waals surface area contributed by atoms with Crippen molar-refractivity contribution in [2.45, 2.75) is 0 Å². The van der Waals surface area contributed by atoms with Crippen LogP contribution in [0.2, 0.25) is 10.0 Å². The minimum atomic E-state index is -1.42. The van der Waals surface area contributed by atoms with E-state index in [4.69, 9.17) is 28.9 Å². The summed E-state index contributed by atoms with van der Waals surface area (Å²) in [5, 5.41) is 24.1. The summed E-state index contributed by atoms with van der Waals surface area (Å²) >= 11 is 12.0. The molecule has 10 nitrogen and oxygen atoms in total. The van der Waals surface area contributed by atoms with Crippen molar-refractivity contribution in [3.63, 3.8) is 0 Å². The van der Waals surface area contributed by atoms with Crippen LogP contribution in [0.1, 0.15) is 10.4 Å². The summed E-state index contributed by atoms with van der Waals surface area (Å²) in [6, 6.07) is 22.9. The molecule has 1 aliphatic rings. The average Bonchev–Trinajstić information content (AvgIpc) is 3.24. The third-order valence-electron chi connectivity index (χ3n) is 6.04. The second kappa shape index (κ2) is 11.0. The Morgan fingerprint density at radius 1 is 0.925 bits per heavy atom. The molecule has 0 aliphatic carbocycles. The Kier molecular flexibility index (Phi) is 7.37. The molecule has 0 fully saturated rings. The predicted molar refractivity (Wildman–Crippen MR) is 155 cm³/mol. The molecule has 5 rings (SSSR count). The number of benzene rings is 4. The van der Waals surface area contributed by atoms with Crippen molar-refractivity contribution < 1.29 is 19.5 Å². The number of halogens is 2. The first-order chi connectivity index (χ1) is 19.2.